The second kappa shape index (κ2) is 7.85. The lowest BCUT2D eigenvalue weighted by Gasteiger charge is -2.40. The van der Waals surface area contributed by atoms with E-state index in [1.54, 1.807) is 4.90 Å². The van der Waals surface area contributed by atoms with E-state index in [-0.39, 0.29) is 36.2 Å². The summed E-state index contributed by atoms with van der Waals surface area (Å²) in [5, 5.41) is 12.0. The number of carbonyl (C=O) groups is 3. The highest BCUT2D eigenvalue weighted by molar-refractivity contribution is 6.05. The van der Waals surface area contributed by atoms with Crippen molar-refractivity contribution in [2.75, 3.05) is 26.2 Å². The Morgan fingerprint density at radius 1 is 1.21 bits per heavy atom. The molecule has 2 saturated heterocycles. The van der Waals surface area contributed by atoms with Crippen LogP contribution in [0.5, 0.6) is 0 Å². The van der Waals surface area contributed by atoms with E-state index < -0.39 is 6.04 Å². The van der Waals surface area contributed by atoms with Crippen molar-refractivity contribution < 1.29 is 19.5 Å². The number of piperidine rings is 2. The van der Waals surface area contributed by atoms with Crippen LogP contribution in [0.15, 0.2) is 18.2 Å². The molecule has 156 valence electrons. The van der Waals surface area contributed by atoms with Crippen LogP contribution in [0.1, 0.15) is 47.2 Å². The SMILES string of the molecule is NCC1(CO)CCN(Cc2ccc3c(c2)C(=O)N(C2CCC(=O)NC2=O)C3)CC1. The maximum absolute atomic E-state index is 12.9. The zero-order valence-corrected chi connectivity index (χ0v) is 16.5. The number of rotatable bonds is 5. The predicted molar refractivity (Wildman–Crippen MR) is 106 cm³/mol. The van der Waals surface area contributed by atoms with Gasteiger partial charge in [-0.15, -0.1) is 0 Å². The minimum atomic E-state index is -0.582. The molecule has 0 saturated carbocycles. The van der Waals surface area contributed by atoms with Gasteiger partial charge in [-0.2, -0.15) is 0 Å². The van der Waals surface area contributed by atoms with Gasteiger partial charge in [0.25, 0.3) is 5.91 Å². The van der Waals surface area contributed by atoms with Crippen molar-refractivity contribution >= 4 is 17.7 Å². The molecule has 0 bridgehead atoms. The second-order valence-electron chi connectivity index (χ2n) is 8.53. The Kier molecular flexibility index (Phi) is 5.42. The van der Waals surface area contributed by atoms with Gasteiger partial charge in [0.05, 0.1) is 0 Å². The monoisotopic (exact) mass is 400 g/mol. The summed E-state index contributed by atoms with van der Waals surface area (Å²) in [6.07, 6.45) is 2.37. The molecular weight excluding hydrogens is 372 g/mol. The van der Waals surface area contributed by atoms with Gasteiger partial charge in [-0.1, -0.05) is 12.1 Å². The maximum Gasteiger partial charge on any atom is 0.255 e. The molecule has 3 amide bonds. The molecular formula is C21H28N4O4. The van der Waals surface area contributed by atoms with Crippen LogP contribution in [0.3, 0.4) is 0 Å². The number of nitrogens with zero attached hydrogens (tertiary/aromatic N) is 2. The van der Waals surface area contributed by atoms with E-state index in [0.29, 0.717) is 25.1 Å². The fraction of sp³-hybridized carbons (Fsp3) is 0.571. The van der Waals surface area contributed by atoms with Gasteiger partial charge in [0.1, 0.15) is 6.04 Å². The molecule has 0 aliphatic carbocycles. The van der Waals surface area contributed by atoms with Crippen molar-refractivity contribution in [2.24, 2.45) is 11.1 Å². The van der Waals surface area contributed by atoms with Gasteiger partial charge in [-0.25, -0.2) is 0 Å². The molecule has 1 aromatic rings. The van der Waals surface area contributed by atoms with Crippen LogP contribution in [0.4, 0.5) is 0 Å². The average molecular weight is 400 g/mol. The maximum atomic E-state index is 12.9. The van der Waals surface area contributed by atoms with E-state index in [9.17, 15) is 19.5 Å². The van der Waals surface area contributed by atoms with Gasteiger partial charge < -0.3 is 15.7 Å². The second-order valence-corrected chi connectivity index (χ2v) is 8.53. The topological polar surface area (TPSA) is 116 Å². The summed E-state index contributed by atoms with van der Waals surface area (Å²) in [4.78, 5) is 40.4. The van der Waals surface area contributed by atoms with Crippen LogP contribution in [-0.2, 0) is 22.7 Å². The summed E-state index contributed by atoms with van der Waals surface area (Å²) < 4.78 is 0. The van der Waals surface area contributed by atoms with Crippen molar-refractivity contribution in [2.45, 2.75) is 44.8 Å². The largest absolute Gasteiger partial charge is 0.396 e. The molecule has 8 nitrogen and oxygen atoms in total. The van der Waals surface area contributed by atoms with Crippen LogP contribution in [0, 0.1) is 5.41 Å². The van der Waals surface area contributed by atoms with Crippen LogP contribution in [-0.4, -0.2) is 64.9 Å². The van der Waals surface area contributed by atoms with E-state index in [1.165, 1.54) is 0 Å². The lowest BCUT2D eigenvalue weighted by atomic mass is 9.79. The number of nitrogens with two attached hydrogens (primary N) is 1. The van der Waals surface area contributed by atoms with Gasteiger partial charge in [0, 0.05) is 43.6 Å². The quantitative estimate of drug-likeness (QED) is 0.599. The Morgan fingerprint density at radius 2 is 1.97 bits per heavy atom. The zero-order chi connectivity index (χ0) is 20.6. The number of hydrogen-bond acceptors (Lipinski definition) is 6. The summed E-state index contributed by atoms with van der Waals surface area (Å²) in [5.74, 6) is -0.806. The van der Waals surface area contributed by atoms with E-state index in [2.05, 4.69) is 10.2 Å². The molecule has 0 spiro atoms. The molecule has 3 aliphatic rings. The Bertz CT molecular complexity index is 826. The molecule has 0 aromatic heterocycles. The van der Waals surface area contributed by atoms with E-state index in [4.69, 9.17) is 5.73 Å². The van der Waals surface area contributed by atoms with Crippen molar-refractivity contribution in [3.63, 3.8) is 0 Å². The molecule has 0 radical (unpaired) electrons. The molecule has 8 heteroatoms. The first-order valence-corrected chi connectivity index (χ1v) is 10.2. The van der Waals surface area contributed by atoms with Crippen molar-refractivity contribution in [1.29, 1.82) is 0 Å². The highest BCUT2D eigenvalue weighted by Gasteiger charge is 2.39. The first-order valence-electron chi connectivity index (χ1n) is 10.2. The number of likely N-dealkylation sites (tertiary alicyclic amines) is 1. The Balaban J connectivity index is 1.42. The van der Waals surface area contributed by atoms with E-state index >= 15 is 0 Å². The minimum absolute atomic E-state index is 0.126. The lowest BCUT2D eigenvalue weighted by Crippen LogP contribution is -2.52. The third-order valence-corrected chi connectivity index (χ3v) is 6.68. The molecule has 4 rings (SSSR count). The smallest absolute Gasteiger partial charge is 0.255 e. The minimum Gasteiger partial charge on any atom is -0.396 e. The summed E-state index contributed by atoms with van der Waals surface area (Å²) in [7, 11) is 0. The average Bonchev–Trinajstić information content (AvgIpc) is 3.05. The van der Waals surface area contributed by atoms with Gasteiger partial charge in [-0.05, 0) is 49.5 Å². The Morgan fingerprint density at radius 3 is 2.62 bits per heavy atom. The van der Waals surface area contributed by atoms with Crippen molar-refractivity contribution in [1.82, 2.24) is 15.1 Å². The first-order chi connectivity index (χ1) is 13.9. The van der Waals surface area contributed by atoms with Crippen LogP contribution in [0.25, 0.3) is 0 Å². The highest BCUT2D eigenvalue weighted by Crippen LogP contribution is 2.32. The molecule has 3 aliphatic heterocycles. The highest BCUT2D eigenvalue weighted by atomic mass is 16.3. The van der Waals surface area contributed by atoms with Gasteiger partial charge in [0.15, 0.2) is 0 Å². The third-order valence-electron chi connectivity index (χ3n) is 6.68. The molecule has 1 aromatic carbocycles. The number of amides is 3. The molecule has 29 heavy (non-hydrogen) atoms. The normalized spacial score (nSPS) is 24.6. The zero-order valence-electron chi connectivity index (χ0n) is 16.5. The van der Waals surface area contributed by atoms with Crippen LogP contribution < -0.4 is 11.1 Å². The Labute approximate surface area is 170 Å². The van der Waals surface area contributed by atoms with Gasteiger partial charge in [-0.3, -0.25) is 24.6 Å². The number of aliphatic hydroxyl groups excluding tert-OH is 1. The summed E-state index contributed by atoms with van der Waals surface area (Å²) >= 11 is 0. The fourth-order valence-electron chi connectivity index (χ4n) is 4.57. The fourth-order valence-corrected chi connectivity index (χ4v) is 4.57. The van der Waals surface area contributed by atoms with Crippen molar-refractivity contribution in [3.05, 3.63) is 34.9 Å². The molecule has 3 heterocycles. The summed E-state index contributed by atoms with van der Waals surface area (Å²) in [6.45, 7) is 3.50. The molecule has 1 unspecified atom stereocenters. The number of hydrogen-bond donors (Lipinski definition) is 3. The Hall–Kier alpha value is -2.29. The summed E-state index contributed by atoms with van der Waals surface area (Å²) in [5.41, 5.74) is 8.32. The number of fused-ring (bicyclic) bond motifs is 1. The van der Waals surface area contributed by atoms with Gasteiger partial charge in [0.2, 0.25) is 11.8 Å². The first kappa shape index (κ1) is 20.0. The number of aliphatic hydroxyl groups is 1. The number of carbonyl (C=O) groups excluding carboxylic acids is 3. The standard InChI is InChI=1S/C21H28N4O4/c22-12-21(13-26)5-7-24(8-6-21)10-14-1-2-15-11-25(20(29)16(15)9-14)17-3-4-18(27)23-19(17)28/h1-2,9,17,26H,3-8,10-13,22H2,(H,23,27,28). The van der Waals surface area contributed by atoms with E-state index in [0.717, 1.165) is 43.6 Å². The van der Waals surface area contributed by atoms with Crippen LogP contribution in [0.2, 0.25) is 0 Å². The molecule has 2 fully saturated rings. The predicted octanol–water partition coefficient (Wildman–Crippen LogP) is -0.0192. The van der Waals surface area contributed by atoms with Gasteiger partial charge >= 0.3 is 0 Å². The number of benzene rings is 1. The summed E-state index contributed by atoms with van der Waals surface area (Å²) in [6, 6.07) is 5.36. The number of imide groups is 1. The number of nitrogens with one attached hydrogen (secondary N) is 1. The lowest BCUT2D eigenvalue weighted by molar-refractivity contribution is -0.136. The van der Waals surface area contributed by atoms with E-state index in [1.807, 2.05) is 18.2 Å². The molecule has 4 N–H and O–H groups in total. The molecule has 1 atom stereocenters. The van der Waals surface area contributed by atoms with Crippen LogP contribution >= 0.6 is 0 Å². The van der Waals surface area contributed by atoms with Crippen molar-refractivity contribution in [3.8, 4) is 0 Å². The third kappa shape index (κ3) is 3.80.